The smallest absolute Gasteiger partial charge is 0.230 e. The van der Waals surface area contributed by atoms with Crippen LogP contribution in [0.25, 0.3) is 0 Å². The molecule has 0 heterocycles. The second kappa shape index (κ2) is 6.51. The third-order valence-electron chi connectivity index (χ3n) is 10.8. The Labute approximate surface area is 187 Å². The van der Waals surface area contributed by atoms with Crippen LogP contribution >= 0.6 is 0 Å². The van der Waals surface area contributed by atoms with Gasteiger partial charge >= 0.3 is 0 Å². The number of hydrogen-bond donors (Lipinski definition) is 1. The Kier molecular flexibility index (Phi) is 3.99. The fraction of sp³-hybridized carbons (Fsp3) is 0.750. The van der Waals surface area contributed by atoms with E-state index in [1.165, 1.54) is 63.5 Å². The van der Waals surface area contributed by atoms with E-state index in [9.17, 15) is 4.79 Å². The standard InChI is InChI=1S/C28H38N2O/c1-30(28-15-21-9-22(16-28)11-23(10-21)17-28)25-5-3-2-4-24(25)29-26(31)27-12-18-6-19(13-27)8-20(7-18)14-27/h2-5,18-23H,6-17H2,1H3,(H,29,31). The molecule has 1 aromatic rings. The number of carbonyl (C=O) groups excluding carboxylic acids is 1. The van der Waals surface area contributed by atoms with Crippen LogP contribution in [-0.4, -0.2) is 18.5 Å². The van der Waals surface area contributed by atoms with E-state index in [0.29, 0.717) is 11.4 Å². The average molecular weight is 419 g/mol. The maximum absolute atomic E-state index is 13.8. The zero-order valence-electron chi connectivity index (χ0n) is 19.1. The number of anilines is 2. The summed E-state index contributed by atoms with van der Waals surface area (Å²) < 4.78 is 0. The Morgan fingerprint density at radius 3 is 1.74 bits per heavy atom. The molecule has 9 rings (SSSR count). The van der Waals surface area contributed by atoms with Gasteiger partial charge < -0.3 is 10.2 Å². The SMILES string of the molecule is CN(c1ccccc1NC(=O)C12CC3CC(CC(C3)C1)C2)C12CC3CC(CC(C3)C1)C2. The summed E-state index contributed by atoms with van der Waals surface area (Å²) in [6, 6.07) is 8.68. The van der Waals surface area contributed by atoms with Crippen LogP contribution in [0.5, 0.6) is 0 Å². The molecule has 0 aliphatic heterocycles. The van der Waals surface area contributed by atoms with Crippen molar-refractivity contribution < 1.29 is 4.79 Å². The van der Waals surface area contributed by atoms with Gasteiger partial charge in [0.25, 0.3) is 0 Å². The Morgan fingerprint density at radius 1 is 0.774 bits per heavy atom. The molecule has 166 valence electrons. The molecule has 8 bridgehead atoms. The van der Waals surface area contributed by atoms with Crippen LogP contribution in [0.15, 0.2) is 24.3 Å². The first-order valence-corrected chi connectivity index (χ1v) is 13.1. The number of nitrogens with zero attached hydrogens (tertiary/aromatic N) is 1. The highest BCUT2D eigenvalue weighted by molar-refractivity contribution is 5.98. The van der Waals surface area contributed by atoms with Gasteiger partial charge in [-0.15, -0.1) is 0 Å². The first-order valence-electron chi connectivity index (χ1n) is 13.1. The molecule has 0 radical (unpaired) electrons. The molecule has 3 heteroatoms. The van der Waals surface area contributed by atoms with E-state index in [1.54, 1.807) is 0 Å². The summed E-state index contributed by atoms with van der Waals surface area (Å²) in [7, 11) is 2.32. The van der Waals surface area contributed by atoms with Crippen molar-refractivity contribution in [2.75, 3.05) is 17.3 Å². The van der Waals surface area contributed by atoms with Gasteiger partial charge in [0, 0.05) is 12.6 Å². The maximum Gasteiger partial charge on any atom is 0.230 e. The number of hydrogen-bond acceptors (Lipinski definition) is 2. The zero-order chi connectivity index (χ0) is 20.8. The largest absolute Gasteiger partial charge is 0.367 e. The van der Waals surface area contributed by atoms with Crippen molar-refractivity contribution >= 4 is 17.3 Å². The first-order chi connectivity index (χ1) is 15.0. The summed E-state index contributed by atoms with van der Waals surface area (Å²) in [4.78, 5) is 16.4. The molecule has 8 aliphatic rings. The van der Waals surface area contributed by atoms with Gasteiger partial charge in [-0.1, -0.05) is 12.1 Å². The highest BCUT2D eigenvalue weighted by atomic mass is 16.2. The minimum atomic E-state index is -0.0822. The van der Waals surface area contributed by atoms with Gasteiger partial charge in [-0.05, 0) is 125 Å². The van der Waals surface area contributed by atoms with Gasteiger partial charge in [0.15, 0.2) is 0 Å². The Hall–Kier alpha value is -1.51. The molecule has 0 unspecified atom stereocenters. The van der Waals surface area contributed by atoms with Gasteiger partial charge in [0.05, 0.1) is 16.8 Å². The quantitative estimate of drug-likeness (QED) is 0.627. The molecule has 8 fully saturated rings. The van der Waals surface area contributed by atoms with Crippen LogP contribution in [0, 0.1) is 40.9 Å². The molecule has 8 aliphatic carbocycles. The third-order valence-corrected chi connectivity index (χ3v) is 10.8. The summed E-state index contributed by atoms with van der Waals surface area (Å²) in [5.74, 6) is 5.55. The normalized spacial score (nSPS) is 46.4. The summed E-state index contributed by atoms with van der Waals surface area (Å²) in [5, 5.41) is 3.50. The highest BCUT2D eigenvalue weighted by Crippen LogP contribution is 2.61. The van der Waals surface area contributed by atoms with Gasteiger partial charge in [-0.25, -0.2) is 0 Å². The third kappa shape index (κ3) is 2.87. The number of nitrogens with one attached hydrogen (secondary N) is 1. The topological polar surface area (TPSA) is 32.3 Å². The van der Waals surface area contributed by atoms with E-state index in [-0.39, 0.29) is 5.41 Å². The molecule has 1 amide bonds. The average Bonchev–Trinajstić information content (AvgIpc) is 2.72. The summed E-state index contributed by atoms with van der Waals surface area (Å²) in [6.45, 7) is 0. The molecular weight excluding hydrogens is 380 g/mol. The second-order valence-corrected chi connectivity index (χ2v) is 12.9. The van der Waals surface area contributed by atoms with Crippen molar-refractivity contribution in [3.63, 3.8) is 0 Å². The second-order valence-electron chi connectivity index (χ2n) is 12.9. The fourth-order valence-electron chi connectivity index (χ4n) is 10.2. The van der Waals surface area contributed by atoms with Crippen LogP contribution in [0.2, 0.25) is 0 Å². The molecule has 0 saturated heterocycles. The Bertz CT molecular complexity index is 833. The van der Waals surface area contributed by atoms with Crippen molar-refractivity contribution in [2.45, 2.75) is 82.6 Å². The summed E-state index contributed by atoms with van der Waals surface area (Å²) in [5.41, 5.74) is 2.54. The number of benzene rings is 1. The fourth-order valence-corrected chi connectivity index (χ4v) is 10.2. The number of carbonyl (C=O) groups is 1. The predicted octanol–water partition coefficient (Wildman–Crippen LogP) is 6.25. The number of rotatable bonds is 4. The van der Waals surface area contributed by atoms with E-state index in [0.717, 1.165) is 60.5 Å². The van der Waals surface area contributed by atoms with Gasteiger partial charge in [-0.3, -0.25) is 4.79 Å². The molecule has 1 aromatic carbocycles. The predicted molar refractivity (Wildman–Crippen MR) is 125 cm³/mol. The Morgan fingerprint density at radius 2 is 1.23 bits per heavy atom. The maximum atomic E-state index is 13.8. The lowest BCUT2D eigenvalue weighted by Crippen LogP contribution is -2.59. The number of para-hydroxylation sites is 2. The van der Waals surface area contributed by atoms with Crippen LogP contribution in [-0.2, 0) is 4.79 Å². The highest BCUT2D eigenvalue weighted by Gasteiger charge is 2.55. The summed E-state index contributed by atoms with van der Waals surface area (Å²) in [6.07, 6.45) is 16.0. The van der Waals surface area contributed by atoms with Crippen LogP contribution in [0.1, 0.15) is 77.0 Å². The van der Waals surface area contributed by atoms with Gasteiger partial charge in [0.2, 0.25) is 5.91 Å². The van der Waals surface area contributed by atoms with Gasteiger partial charge in [0.1, 0.15) is 0 Å². The Balaban J connectivity index is 1.17. The van der Waals surface area contributed by atoms with Crippen molar-refractivity contribution in [1.29, 1.82) is 0 Å². The lowest BCUT2D eigenvalue weighted by molar-refractivity contribution is -0.140. The zero-order valence-corrected chi connectivity index (χ0v) is 19.1. The van der Waals surface area contributed by atoms with E-state index < -0.39 is 0 Å². The van der Waals surface area contributed by atoms with Crippen molar-refractivity contribution in [3.05, 3.63) is 24.3 Å². The molecule has 8 saturated carbocycles. The molecular formula is C28H38N2O. The van der Waals surface area contributed by atoms with Crippen molar-refractivity contribution in [2.24, 2.45) is 40.9 Å². The van der Waals surface area contributed by atoms with E-state index in [4.69, 9.17) is 0 Å². The molecule has 31 heavy (non-hydrogen) atoms. The van der Waals surface area contributed by atoms with Crippen LogP contribution < -0.4 is 10.2 Å². The van der Waals surface area contributed by atoms with Crippen molar-refractivity contribution in [3.8, 4) is 0 Å². The monoisotopic (exact) mass is 418 g/mol. The molecule has 0 atom stereocenters. The van der Waals surface area contributed by atoms with E-state index >= 15 is 0 Å². The van der Waals surface area contributed by atoms with Crippen molar-refractivity contribution in [1.82, 2.24) is 0 Å². The lowest BCUT2D eigenvalue weighted by Gasteiger charge is -2.60. The number of amides is 1. The molecule has 3 nitrogen and oxygen atoms in total. The van der Waals surface area contributed by atoms with Gasteiger partial charge in [-0.2, -0.15) is 0 Å². The van der Waals surface area contributed by atoms with Crippen LogP contribution in [0.3, 0.4) is 0 Å². The lowest BCUT2D eigenvalue weighted by atomic mass is 9.49. The minimum absolute atomic E-state index is 0.0822. The summed E-state index contributed by atoms with van der Waals surface area (Å²) >= 11 is 0. The molecule has 0 spiro atoms. The minimum Gasteiger partial charge on any atom is -0.367 e. The van der Waals surface area contributed by atoms with E-state index in [2.05, 4.69) is 41.5 Å². The molecule has 1 N–H and O–H groups in total. The molecule has 0 aromatic heterocycles. The van der Waals surface area contributed by atoms with E-state index in [1.807, 2.05) is 0 Å². The first kappa shape index (κ1) is 19.0. The van der Waals surface area contributed by atoms with Crippen LogP contribution in [0.4, 0.5) is 11.4 Å².